The van der Waals surface area contributed by atoms with Crippen molar-refractivity contribution < 1.29 is 50.0 Å². The molecule has 2 rings (SSSR count). The van der Waals surface area contributed by atoms with E-state index in [-0.39, 0.29) is 19.8 Å². The summed E-state index contributed by atoms with van der Waals surface area (Å²) in [6.07, 6.45) is -5.98. The summed E-state index contributed by atoms with van der Waals surface area (Å²) in [6, 6.07) is -0.416. The van der Waals surface area contributed by atoms with Crippen molar-refractivity contribution in [3.8, 4) is 0 Å². The van der Waals surface area contributed by atoms with Crippen molar-refractivity contribution in [2.24, 2.45) is 0 Å². The van der Waals surface area contributed by atoms with Gasteiger partial charge in [-0.05, 0) is 12.8 Å². The van der Waals surface area contributed by atoms with Crippen LogP contribution in [0.3, 0.4) is 0 Å². The molecular formula is C18H35NO10. The van der Waals surface area contributed by atoms with Gasteiger partial charge in [0.05, 0.1) is 25.4 Å². The summed E-state index contributed by atoms with van der Waals surface area (Å²) in [5.41, 5.74) is 0. The zero-order valence-electron chi connectivity index (χ0n) is 16.4. The topological polar surface area (TPSA) is 181 Å². The summed E-state index contributed by atoms with van der Waals surface area (Å²) in [5, 5.41) is 70.4. The fourth-order valence-electron chi connectivity index (χ4n) is 3.53. The highest BCUT2D eigenvalue weighted by Gasteiger charge is 2.44. The number of unbranched alkanes of at least 4 members (excludes halogenated alkanes) is 3. The Morgan fingerprint density at radius 3 is 2.03 bits per heavy atom. The normalized spacial score (nSPS) is 40.9. The molecule has 2 heterocycles. The minimum Gasteiger partial charge on any atom is -0.395 e. The number of hydrogen-bond acceptors (Lipinski definition) is 11. The molecule has 2 aliphatic heterocycles. The van der Waals surface area contributed by atoms with Crippen LogP contribution in [0, 0.1) is 0 Å². The first-order chi connectivity index (χ1) is 13.9. The highest BCUT2D eigenvalue weighted by Crippen LogP contribution is 2.22. The number of rotatable bonds is 11. The molecule has 29 heavy (non-hydrogen) atoms. The highest BCUT2D eigenvalue weighted by molar-refractivity contribution is 4.93. The quantitative estimate of drug-likeness (QED) is 0.153. The van der Waals surface area contributed by atoms with E-state index in [1.165, 1.54) is 0 Å². The van der Waals surface area contributed by atoms with Crippen LogP contribution in [-0.2, 0) is 14.2 Å². The molecule has 8 N–H and O–H groups in total. The van der Waals surface area contributed by atoms with E-state index in [4.69, 9.17) is 19.3 Å². The Labute approximate surface area is 169 Å². The van der Waals surface area contributed by atoms with Gasteiger partial charge in [-0.2, -0.15) is 0 Å². The lowest BCUT2D eigenvalue weighted by Gasteiger charge is -2.39. The van der Waals surface area contributed by atoms with E-state index >= 15 is 0 Å². The van der Waals surface area contributed by atoms with Gasteiger partial charge in [0.2, 0.25) is 0 Å². The van der Waals surface area contributed by atoms with Gasteiger partial charge in [0.15, 0.2) is 6.29 Å². The molecule has 0 bridgehead atoms. The van der Waals surface area contributed by atoms with Gasteiger partial charge in [-0.1, -0.05) is 12.8 Å². The minimum atomic E-state index is -1.45. The molecule has 0 amide bonds. The molecule has 0 aliphatic carbocycles. The van der Waals surface area contributed by atoms with Gasteiger partial charge in [0.1, 0.15) is 36.6 Å². The Hall–Kier alpha value is -0.440. The monoisotopic (exact) mass is 425 g/mol. The van der Waals surface area contributed by atoms with Crippen LogP contribution in [0.5, 0.6) is 0 Å². The van der Waals surface area contributed by atoms with Gasteiger partial charge in [-0.3, -0.25) is 0 Å². The van der Waals surface area contributed by atoms with Crippen molar-refractivity contribution in [1.29, 1.82) is 0 Å². The Bertz CT molecular complexity index is 454. The first-order valence-corrected chi connectivity index (χ1v) is 10.1. The lowest BCUT2D eigenvalue weighted by Crippen LogP contribution is -2.61. The molecule has 0 aromatic carbocycles. The van der Waals surface area contributed by atoms with Crippen molar-refractivity contribution >= 4 is 0 Å². The average Bonchev–Trinajstić information content (AvgIpc) is 2.72. The molecule has 0 spiro atoms. The van der Waals surface area contributed by atoms with E-state index in [9.17, 15) is 30.6 Å². The summed E-state index contributed by atoms with van der Waals surface area (Å²) in [6.45, 7) is 0.169. The van der Waals surface area contributed by atoms with Crippen LogP contribution in [0.1, 0.15) is 25.7 Å². The second-order valence-corrected chi connectivity index (χ2v) is 7.57. The Kier molecular flexibility index (Phi) is 10.6. The number of nitrogens with one attached hydrogen (secondary N) is 1. The molecule has 2 fully saturated rings. The number of β-amino-alcohol motifs (C(OH)–C–C–N with tert-alkyl or cyclic N) is 1. The third-order valence-electron chi connectivity index (χ3n) is 5.39. The number of ether oxygens (including phenoxy) is 3. The Morgan fingerprint density at radius 1 is 0.759 bits per heavy atom. The molecular weight excluding hydrogens is 390 g/mol. The van der Waals surface area contributed by atoms with E-state index in [1.807, 2.05) is 0 Å². The molecule has 0 saturated carbocycles. The third-order valence-corrected chi connectivity index (χ3v) is 5.39. The fraction of sp³-hybridized carbons (Fsp3) is 1.00. The van der Waals surface area contributed by atoms with Crippen molar-refractivity contribution in [2.75, 3.05) is 33.0 Å². The highest BCUT2D eigenvalue weighted by atomic mass is 16.7. The van der Waals surface area contributed by atoms with Crippen molar-refractivity contribution in [2.45, 2.75) is 80.7 Å². The van der Waals surface area contributed by atoms with Crippen LogP contribution >= 0.6 is 0 Å². The largest absolute Gasteiger partial charge is 0.395 e. The van der Waals surface area contributed by atoms with Gasteiger partial charge in [0.25, 0.3) is 0 Å². The van der Waals surface area contributed by atoms with Crippen LogP contribution in [0.25, 0.3) is 0 Å². The summed E-state index contributed by atoms with van der Waals surface area (Å²) in [4.78, 5) is 0. The zero-order valence-corrected chi connectivity index (χ0v) is 16.4. The van der Waals surface area contributed by atoms with E-state index in [2.05, 4.69) is 5.32 Å². The lowest BCUT2D eigenvalue weighted by molar-refractivity contribution is -0.301. The summed E-state index contributed by atoms with van der Waals surface area (Å²) in [7, 11) is 0. The van der Waals surface area contributed by atoms with Crippen LogP contribution in [0.4, 0.5) is 0 Å². The molecule has 0 aromatic rings. The lowest BCUT2D eigenvalue weighted by atomic mass is 9.96. The predicted octanol–water partition coefficient (Wildman–Crippen LogP) is -3.57. The molecule has 2 aliphatic rings. The van der Waals surface area contributed by atoms with E-state index in [0.29, 0.717) is 13.0 Å². The second-order valence-electron chi connectivity index (χ2n) is 7.57. The van der Waals surface area contributed by atoms with Crippen LogP contribution in [-0.4, -0.2) is 124 Å². The maximum atomic E-state index is 10.0. The number of aliphatic hydroxyl groups is 7. The third kappa shape index (κ3) is 6.77. The van der Waals surface area contributed by atoms with Gasteiger partial charge in [-0.25, -0.2) is 0 Å². The smallest absolute Gasteiger partial charge is 0.186 e. The number of piperidine rings is 1. The van der Waals surface area contributed by atoms with Gasteiger partial charge in [0, 0.05) is 19.8 Å². The number of aliphatic hydroxyl groups excluding tert-OH is 7. The summed E-state index contributed by atoms with van der Waals surface area (Å²) < 4.78 is 16.3. The average molecular weight is 425 g/mol. The van der Waals surface area contributed by atoms with Gasteiger partial charge < -0.3 is 55.3 Å². The Morgan fingerprint density at radius 2 is 1.41 bits per heavy atom. The van der Waals surface area contributed by atoms with Crippen LogP contribution in [0.2, 0.25) is 0 Å². The summed E-state index contributed by atoms with van der Waals surface area (Å²) in [5.74, 6) is 0. The molecule has 0 aromatic heterocycles. The zero-order chi connectivity index (χ0) is 21.4. The van der Waals surface area contributed by atoms with Gasteiger partial charge >= 0.3 is 0 Å². The maximum Gasteiger partial charge on any atom is 0.186 e. The molecule has 11 nitrogen and oxygen atoms in total. The van der Waals surface area contributed by atoms with Crippen LogP contribution < -0.4 is 5.32 Å². The molecule has 11 heteroatoms. The maximum absolute atomic E-state index is 10.0. The molecule has 172 valence electrons. The Balaban J connectivity index is 1.57. The van der Waals surface area contributed by atoms with Crippen molar-refractivity contribution in [3.63, 3.8) is 0 Å². The second kappa shape index (κ2) is 12.4. The van der Waals surface area contributed by atoms with Crippen molar-refractivity contribution in [3.05, 3.63) is 0 Å². The van der Waals surface area contributed by atoms with E-state index < -0.39 is 61.7 Å². The van der Waals surface area contributed by atoms with Crippen molar-refractivity contribution in [1.82, 2.24) is 5.32 Å². The first-order valence-electron chi connectivity index (χ1n) is 10.1. The standard InChI is InChI=1S/C18H35NO10/c20-8-10-17(13(23)11(22)7-19-10)27-5-3-1-2-4-6-28-18-16(26)15(25)14(24)12(9-21)29-18/h10-26H,1-9H2/t10-,11+,12-,13-,14-,15+,16-,17-,18+/m1/s1. The first kappa shape index (κ1) is 24.8. The van der Waals surface area contributed by atoms with Gasteiger partial charge in [-0.15, -0.1) is 0 Å². The number of hydrogen-bond donors (Lipinski definition) is 8. The fourth-order valence-corrected chi connectivity index (χ4v) is 3.53. The van der Waals surface area contributed by atoms with E-state index in [0.717, 1.165) is 19.3 Å². The predicted molar refractivity (Wildman–Crippen MR) is 98.8 cm³/mol. The minimum absolute atomic E-state index is 0.191. The van der Waals surface area contributed by atoms with E-state index in [1.54, 1.807) is 0 Å². The molecule has 0 unspecified atom stereocenters. The SMILES string of the molecule is OC[C@H]1NC[C@H](O)[C@@H](O)[C@@H]1OCCCCCCO[C@H]1O[C@H](CO)[C@@H](O)[C@H](O)[C@H]1O. The molecule has 9 atom stereocenters. The van der Waals surface area contributed by atoms with Crippen LogP contribution in [0.15, 0.2) is 0 Å². The molecule has 0 radical (unpaired) electrons. The molecule has 2 saturated heterocycles. The summed E-state index contributed by atoms with van der Waals surface area (Å²) >= 11 is 0.